The second-order valence-electron chi connectivity index (χ2n) is 5.23. The number of hydrogen-bond donors (Lipinski definition) is 1. The van der Waals surface area contributed by atoms with Gasteiger partial charge in [0.1, 0.15) is 22.4 Å². The first-order valence-electron chi connectivity index (χ1n) is 7.22. The third kappa shape index (κ3) is 3.38. The predicted octanol–water partition coefficient (Wildman–Crippen LogP) is 2.53. The second kappa shape index (κ2) is 6.53. The molecule has 0 amide bonds. The number of nitrogens with one attached hydrogen (secondary N) is 1. The summed E-state index contributed by atoms with van der Waals surface area (Å²) < 4.78 is 55.3. The molecule has 7 nitrogen and oxygen atoms in total. The summed E-state index contributed by atoms with van der Waals surface area (Å²) in [5.41, 5.74) is 0.844. The summed E-state index contributed by atoms with van der Waals surface area (Å²) in [5, 5.41) is 12.9. The smallest absolute Gasteiger partial charge is 0.247 e. The minimum Gasteiger partial charge on any atom is -0.247 e. The lowest BCUT2D eigenvalue weighted by molar-refractivity contribution is 0.555. The van der Waals surface area contributed by atoms with Crippen molar-refractivity contribution >= 4 is 16.0 Å². The van der Waals surface area contributed by atoms with Gasteiger partial charge < -0.3 is 0 Å². The van der Waals surface area contributed by atoms with E-state index in [4.69, 9.17) is 5.26 Å². The highest BCUT2D eigenvalue weighted by molar-refractivity contribution is 7.92. The molecule has 1 aromatic heterocycles. The van der Waals surface area contributed by atoms with Gasteiger partial charge in [-0.3, -0.25) is 0 Å². The Bertz CT molecular complexity index is 1120. The van der Waals surface area contributed by atoms with Crippen molar-refractivity contribution in [3.63, 3.8) is 0 Å². The Morgan fingerprint density at radius 1 is 1.15 bits per heavy atom. The van der Waals surface area contributed by atoms with E-state index in [1.54, 1.807) is 19.1 Å². The molecule has 0 bridgehead atoms. The van der Waals surface area contributed by atoms with Gasteiger partial charge in [0.25, 0.3) is 10.0 Å². The van der Waals surface area contributed by atoms with Crippen molar-refractivity contribution in [3.8, 4) is 11.8 Å². The molecule has 0 saturated carbocycles. The minimum absolute atomic E-state index is 0.198. The Balaban J connectivity index is 2.03. The monoisotopic (exact) mass is 375 g/mol. The van der Waals surface area contributed by atoms with Crippen molar-refractivity contribution in [2.24, 2.45) is 0 Å². The molecule has 0 atom stereocenters. The SMILES string of the molecule is Cc1nc(NS(=O)(=O)c2cc(F)ccc2F)n(-c2ccc(C#N)cc2)n1. The zero-order valence-corrected chi connectivity index (χ0v) is 14.1. The molecule has 0 aliphatic carbocycles. The van der Waals surface area contributed by atoms with Crippen molar-refractivity contribution in [3.05, 3.63) is 65.5 Å². The van der Waals surface area contributed by atoms with Crippen LogP contribution in [0.2, 0.25) is 0 Å². The molecule has 0 fully saturated rings. The van der Waals surface area contributed by atoms with Crippen LogP contribution < -0.4 is 4.72 Å². The summed E-state index contributed by atoms with van der Waals surface area (Å²) in [6.45, 7) is 1.54. The summed E-state index contributed by atoms with van der Waals surface area (Å²) in [5.74, 6) is -1.93. The molecule has 132 valence electrons. The number of nitriles is 1. The average molecular weight is 375 g/mol. The molecule has 0 spiro atoms. The molecule has 0 unspecified atom stereocenters. The van der Waals surface area contributed by atoms with Crippen LogP contribution in [0.15, 0.2) is 47.4 Å². The van der Waals surface area contributed by atoms with E-state index in [2.05, 4.69) is 14.8 Å². The number of sulfonamides is 1. The molecule has 3 rings (SSSR count). The molecule has 2 aromatic carbocycles. The van der Waals surface area contributed by atoms with Gasteiger partial charge in [-0.25, -0.2) is 21.9 Å². The van der Waals surface area contributed by atoms with Crippen molar-refractivity contribution in [1.29, 1.82) is 5.26 Å². The van der Waals surface area contributed by atoms with Gasteiger partial charge in [-0.05, 0) is 49.4 Å². The Labute approximate surface area is 147 Å². The fraction of sp³-hybridized carbons (Fsp3) is 0.0625. The van der Waals surface area contributed by atoms with Gasteiger partial charge in [-0.15, -0.1) is 5.10 Å². The molecule has 1 N–H and O–H groups in total. The van der Waals surface area contributed by atoms with E-state index < -0.39 is 26.6 Å². The maximum atomic E-state index is 13.8. The van der Waals surface area contributed by atoms with Gasteiger partial charge in [0.15, 0.2) is 0 Å². The second-order valence-corrected chi connectivity index (χ2v) is 6.88. The lowest BCUT2D eigenvalue weighted by Gasteiger charge is -2.10. The Hall–Kier alpha value is -3.32. The van der Waals surface area contributed by atoms with Crippen molar-refractivity contribution in [2.75, 3.05) is 4.72 Å². The summed E-state index contributed by atoms with van der Waals surface area (Å²) in [6, 6.07) is 10.2. The summed E-state index contributed by atoms with van der Waals surface area (Å²) >= 11 is 0. The van der Waals surface area contributed by atoms with Gasteiger partial charge in [0.2, 0.25) is 5.95 Å². The maximum absolute atomic E-state index is 13.8. The number of hydrogen-bond acceptors (Lipinski definition) is 5. The standard InChI is InChI=1S/C16H11F2N5O2S/c1-10-20-16(23(21-10)13-5-2-11(9-19)3-6-13)22-26(24,25)15-8-12(17)4-7-14(15)18/h2-8H,1H3,(H,20,21,22). The third-order valence-electron chi connectivity index (χ3n) is 3.36. The number of aryl methyl sites for hydroxylation is 1. The fourth-order valence-electron chi connectivity index (χ4n) is 2.20. The summed E-state index contributed by atoms with van der Waals surface area (Å²) in [4.78, 5) is 3.13. The van der Waals surface area contributed by atoms with Crippen LogP contribution >= 0.6 is 0 Å². The Kier molecular flexibility index (Phi) is 4.40. The van der Waals surface area contributed by atoms with Crippen LogP contribution in [0.25, 0.3) is 5.69 Å². The van der Waals surface area contributed by atoms with Crippen LogP contribution in [0.5, 0.6) is 0 Å². The first kappa shape index (κ1) is 17.5. The molecule has 0 radical (unpaired) electrons. The highest BCUT2D eigenvalue weighted by Gasteiger charge is 2.23. The van der Waals surface area contributed by atoms with Gasteiger partial charge >= 0.3 is 0 Å². The number of benzene rings is 2. The van der Waals surface area contributed by atoms with Crippen LogP contribution in [0, 0.1) is 29.9 Å². The van der Waals surface area contributed by atoms with Gasteiger partial charge in [0.05, 0.1) is 17.3 Å². The van der Waals surface area contributed by atoms with E-state index in [-0.39, 0.29) is 11.8 Å². The van der Waals surface area contributed by atoms with Crippen LogP contribution in [0.1, 0.15) is 11.4 Å². The first-order valence-corrected chi connectivity index (χ1v) is 8.70. The predicted molar refractivity (Wildman–Crippen MR) is 88.0 cm³/mol. The topological polar surface area (TPSA) is 101 Å². The quantitative estimate of drug-likeness (QED) is 0.755. The largest absolute Gasteiger partial charge is 0.267 e. The molecule has 10 heteroatoms. The normalized spacial score (nSPS) is 11.2. The molecule has 0 saturated heterocycles. The van der Waals surface area contributed by atoms with E-state index in [0.717, 1.165) is 12.1 Å². The van der Waals surface area contributed by atoms with E-state index in [0.29, 0.717) is 17.3 Å². The van der Waals surface area contributed by atoms with E-state index in [1.807, 2.05) is 6.07 Å². The highest BCUT2D eigenvalue weighted by Crippen LogP contribution is 2.21. The van der Waals surface area contributed by atoms with E-state index in [9.17, 15) is 17.2 Å². The zero-order valence-electron chi connectivity index (χ0n) is 13.3. The molecule has 1 heterocycles. The Morgan fingerprint density at radius 3 is 2.50 bits per heavy atom. The third-order valence-corrected chi connectivity index (χ3v) is 4.71. The van der Waals surface area contributed by atoms with E-state index in [1.165, 1.54) is 16.8 Å². The van der Waals surface area contributed by atoms with Crippen LogP contribution in [-0.4, -0.2) is 23.2 Å². The first-order chi connectivity index (χ1) is 12.3. The highest BCUT2D eigenvalue weighted by atomic mass is 32.2. The zero-order chi connectivity index (χ0) is 18.9. The van der Waals surface area contributed by atoms with Crippen LogP contribution in [0.4, 0.5) is 14.7 Å². The minimum atomic E-state index is -4.44. The molecular weight excluding hydrogens is 364 g/mol. The van der Waals surface area contributed by atoms with Crippen LogP contribution in [-0.2, 0) is 10.0 Å². The number of aromatic nitrogens is 3. The lowest BCUT2D eigenvalue weighted by atomic mass is 10.2. The lowest BCUT2D eigenvalue weighted by Crippen LogP contribution is -2.18. The molecule has 0 aliphatic rings. The average Bonchev–Trinajstić information content (AvgIpc) is 2.96. The molecular formula is C16H11F2N5O2S. The van der Waals surface area contributed by atoms with Crippen LogP contribution in [0.3, 0.4) is 0 Å². The number of halogens is 2. The van der Waals surface area contributed by atoms with Crippen molar-refractivity contribution in [1.82, 2.24) is 14.8 Å². The summed E-state index contributed by atoms with van der Waals surface area (Å²) in [7, 11) is -4.44. The van der Waals surface area contributed by atoms with Gasteiger partial charge in [0, 0.05) is 0 Å². The Morgan fingerprint density at radius 2 is 1.85 bits per heavy atom. The van der Waals surface area contributed by atoms with Gasteiger partial charge in [-0.2, -0.15) is 14.9 Å². The molecule has 0 aliphatic heterocycles. The van der Waals surface area contributed by atoms with Gasteiger partial charge in [-0.1, -0.05) is 0 Å². The molecule has 26 heavy (non-hydrogen) atoms. The number of nitrogens with zero attached hydrogens (tertiary/aromatic N) is 4. The number of anilines is 1. The van der Waals surface area contributed by atoms with E-state index >= 15 is 0 Å². The summed E-state index contributed by atoms with van der Waals surface area (Å²) in [6.07, 6.45) is 0. The van der Waals surface area contributed by atoms with Crippen molar-refractivity contribution in [2.45, 2.75) is 11.8 Å². The number of rotatable bonds is 4. The fourth-order valence-corrected chi connectivity index (χ4v) is 3.27. The molecule has 3 aromatic rings. The van der Waals surface area contributed by atoms with Crippen molar-refractivity contribution < 1.29 is 17.2 Å². The maximum Gasteiger partial charge on any atom is 0.267 e.